The van der Waals surface area contributed by atoms with Crippen LogP contribution in [0.2, 0.25) is 0 Å². The van der Waals surface area contributed by atoms with Gasteiger partial charge in [-0.3, -0.25) is 9.59 Å². The monoisotopic (exact) mass is 273 g/mol. The number of amides is 1. The van der Waals surface area contributed by atoms with Crippen molar-refractivity contribution < 1.29 is 4.79 Å². The number of carbonyl (C=O) groups is 1. The summed E-state index contributed by atoms with van der Waals surface area (Å²) in [6.07, 6.45) is 1.66. The third-order valence-electron chi connectivity index (χ3n) is 3.27. The summed E-state index contributed by atoms with van der Waals surface area (Å²) < 4.78 is 0. The van der Waals surface area contributed by atoms with Crippen molar-refractivity contribution in [3.8, 4) is 0 Å². The van der Waals surface area contributed by atoms with Gasteiger partial charge in [0.05, 0.1) is 10.9 Å². The van der Waals surface area contributed by atoms with Crippen LogP contribution in [0.5, 0.6) is 0 Å². The van der Waals surface area contributed by atoms with Crippen LogP contribution in [0.15, 0.2) is 29.1 Å². The lowest BCUT2D eigenvalue weighted by atomic mass is 10.2. The zero-order valence-electron chi connectivity index (χ0n) is 11.8. The van der Waals surface area contributed by atoms with Crippen LogP contribution >= 0.6 is 0 Å². The van der Waals surface area contributed by atoms with E-state index in [9.17, 15) is 9.59 Å². The molecule has 1 aromatic heterocycles. The van der Waals surface area contributed by atoms with Crippen LogP contribution in [0, 0.1) is 0 Å². The molecule has 0 aliphatic rings. The number of carbonyl (C=O) groups excluding carboxylic acids is 1. The van der Waals surface area contributed by atoms with E-state index in [2.05, 4.69) is 15.3 Å². The number of aryl methyl sites for hydroxylation is 1. The fourth-order valence-corrected chi connectivity index (χ4v) is 1.93. The van der Waals surface area contributed by atoms with Gasteiger partial charge in [-0.1, -0.05) is 19.1 Å². The van der Waals surface area contributed by atoms with E-state index in [0.717, 1.165) is 6.42 Å². The van der Waals surface area contributed by atoms with E-state index < -0.39 is 0 Å². The zero-order chi connectivity index (χ0) is 14.5. The summed E-state index contributed by atoms with van der Waals surface area (Å²) in [4.78, 5) is 30.7. The van der Waals surface area contributed by atoms with E-state index in [1.165, 1.54) is 0 Å². The first kappa shape index (κ1) is 14.2. The van der Waals surface area contributed by atoms with Gasteiger partial charge < -0.3 is 10.3 Å². The first-order valence-electron chi connectivity index (χ1n) is 6.87. The minimum atomic E-state index is -0.159. The van der Waals surface area contributed by atoms with Gasteiger partial charge in [-0.05, 0) is 25.5 Å². The summed E-state index contributed by atoms with van der Waals surface area (Å²) in [6, 6.07) is 7.35. The van der Waals surface area contributed by atoms with Gasteiger partial charge in [0, 0.05) is 18.9 Å². The van der Waals surface area contributed by atoms with Gasteiger partial charge in [-0.2, -0.15) is 0 Å². The minimum absolute atomic E-state index is 0.0184. The van der Waals surface area contributed by atoms with Crippen LogP contribution in [0.3, 0.4) is 0 Å². The lowest BCUT2D eigenvalue weighted by Crippen LogP contribution is -2.32. The van der Waals surface area contributed by atoms with Gasteiger partial charge in [0.2, 0.25) is 5.91 Å². The van der Waals surface area contributed by atoms with Crippen LogP contribution in [-0.2, 0) is 11.2 Å². The first-order chi connectivity index (χ1) is 9.60. The number of H-pyrrole nitrogens is 1. The van der Waals surface area contributed by atoms with E-state index in [0.29, 0.717) is 29.6 Å². The second-order valence-corrected chi connectivity index (χ2v) is 4.91. The average Bonchev–Trinajstić information content (AvgIpc) is 2.45. The summed E-state index contributed by atoms with van der Waals surface area (Å²) in [5, 5.41) is 3.46. The highest BCUT2D eigenvalue weighted by atomic mass is 16.1. The van der Waals surface area contributed by atoms with Gasteiger partial charge in [0.1, 0.15) is 5.82 Å². The molecule has 1 aromatic carbocycles. The molecule has 1 atom stereocenters. The van der Waals surface area contributed by atoms with Gasteiger partial charge >= 0.3 is 0 Å². The second-order valence-electron chi connectivity index (χ2n) is 4.91. The van der Waals surface area contributed by atoms with Gasteiger partial charge in [-0.25, -0.2) is 4.98 Å². The van der Waals surface area contributed by atoms with Crippen LogP contribution in [0.4, 0.5) is 0 Å². The molecule has 1 heterocycles. The molecular weight excluding hydrogens is 254 g/mol. The van der Waals surface area contributed by atoms with Crippen LogP contribution < -0.4 is 10.9 Å². The number of aromatic amines is 1. The van der Waals surface area contributed by atoms with Gasteiger partial charge in [0.15, 0.2) is 0 Å². The Bertz CT molecular complexity index is 663. The Kier molecular flexibility index (Phi) is 4.50. The number of nitrogens with zero attached hydrogens (tertiary/aromatic N) is 1. The topological polar surface area (TPSA) is 74.8 Å². The van der Waals surface area contributed by atoms with Crippen molar-refractivity contribution in [3.05, 3.63) is 40.4 Å². The van der Waals surface area contributed by atoms with Crippen molar-refractivity contribution in [1.82, 2.24) is 15.3 Å². The predicted octanol–water partition coefficient (Wildman–Crippen LogP) is 1.77. The third-order valence-corrected chi connectivity index (χ3v) is 3.27. The van der Waals surface area contributed by atoms with Crippen molar-refractivity contribution >= 4 is 16.8 Å². The largest absolute Gasteiger partial charge is 0.354 e. The smallest absolute Gasteiger partial charge is 0.258 e. The molecule has 2 aromatic rings. The molecule has 5 nitrogen and oxygen atoms in total. The predicted molar refractivity (Wildman–Crippen MR) is 78.6 cm³/mol. The lowest BCUT2D eigenvalue weighted by Gasteiger charge is -2.10. The fourth-order valence-electron chi connectivity index (χ4n) is 1.93. The number of rotatable bonds is 5. The molecule has 2 N–H and O–H groups in total. The van der Waals surface area contributed by atoms with Crippen LogP contribution in [-0.4, -0.2) is 21.9 Å². The van der Waals surface area contributed by atoms with Crippen molar-refractivity contribution in [1.29, 1.82) is 0 Å². The van der Waals surface area contributed by atoms with E-state index in [-0.39, 0.29) is 17.5 Å². The minimum Gasteiger partial charge on any atom is -0.354 e. The van der Waals surface area contributed by atoms with E-state index in [1.807, 2.05) is 19.9 Å². The number of hydrogen-bond donors (Lipinski definition) is 2. The van der Waals surface area contributed by atoms with Crippen molar-refractivity contribution in [2.24, 2.45) is 0 Å². The van der Waals surface area contributed by atoms with E-state index in [1.54, 1.807) is 18.2 Å². The fraction of sp³-hybridized carbons (Fsp3) is 0.400. The summed E-state index contributed by atoms with van der Waals surface area (Å²) in [5.74, 6) is 0.531. The summed E-state index contributed by atoms with van der Waals surface area (Å²) in [7, 11) is 0. The SMILES string of the molecule is CC[C@H](C)NC(=O)CCc1nc2ccccc2c(=O)[nH]1. The maximum Gasteiger partial charge on any atom is 0.258 e. The molecule has 0 aliphatic heterocycles. The molecule has 0 spiro atoms. The number of fused-ring (bicyclic) bond motifs is 1. The number of nitrogens with one attached hydrogen (secondary N) is 2. The maximum absolute atomic E-state index is 11.9. The van der Waals surface area contributed by atoms with E-state index in [4.69, 9.17) is 0 Å². The molecule has 0 radical (unpaired) electrons. The van der Waals surface area contributed by atoms with Gasteiger partial charge in [0.25, 0.3) is 5.56 Å². The highest BCUT2D eigenvalue weighted by Crippen LogP contribution is 2.06. The van der Waals surface area contributed by atoms with Crippen molar-refractivity contribution in [3.63, 3.8) is 0 Å². The summed E-state index contributed by atoms with van der Waals surface area (Å²) in [5.41, 5.74) is 0.501. The quantitative estimate of drug-likeness (QED) is 0.871. The molecule has 0 saturated heterocycles. The molecule has 5 heteroatoms. The first-order valence-corrected chi connectivity index (χ1v) is 6.87. The Labute approximate surface area is 117 Å². The zero-order valence-corrected chi connectivity index (χ0v) is 11.8. The summed E-state index contributed by atoms with van der Waals surface area (Å²) >= 11 is 0. The van der Waals surface area contributed by atoms with Crippen LogP contribution in [0.1, 0.15) is 32.5 Å². The van der Waals surface area contributed by atoms with E-state index >= 15 is 0 Å². The molecule has 106 valence electrons. The Balaban J connectivity index is 2.07. The standard InChI is InChI=1S/C15H19N3O2/c1-3-10(2)16-14(19)9-8-13-17-12-7-5-4-6-11(12)15(20)18-13/h4-7,10H,3,8-9H2,1-2H3,(H,16,19)(H,17,18,20)/t10-/m0/s1. The molecule has 0 saturated carbocycles. The van der Waals surface area contributed by atoms with Gasteiger partial charge in [-0.15, -0.1) is 0 Å². The molecule has 0 aliphatic carbocycles. The Morgan fingerprint density at radius 1 is 1.40 bits per heavy atom. The Morgan fingerprint density at radius 2 is 2.15 bits per heavy atom. The van der Waals surface area contributed by atoms with Crippen molar-refractivity contribution in [2.45, 2.75) is 39.2 Å². The van der Waals surface area contributed by atoms with Crippen LogP contribution in [0.25, 0.3) is 10.9 Å². The normalized spacial score (nSPS) is 12.3. The number of benzene rings is 1. The molecule has 0 fully saturated rings. The lowest BCUT2D eigenvalue weighted by molar-refractivity contribution is -0.121. The molecular formula is C15H19N3O2. The summed E-state index contributed by atoms with van der Waals surface area (Å²) in [6.45, 7) is 3.99. The highest BCUT2D eigenvalue weighted by Gasteiger charge is 2.08. The number of hydrogen-bond acceptors (Lipinski definition) is 3. The number of aromatic nitrogens is 2. The highest BCUT2D eigenvalue weighted by molar-refractivity contribution is 5.78. The molecule has 0 unspecified atom stereocenters. The third kappa shape index (κ3) is 3.44. The second kappa shape index (κ2) is 6.32. The Morgan fingerprint density at radius 3 is 2.90 bits per heavy atom. The average molecular weight is 273 g/mol. The van der Waals surface area contributed by atoms with Crippen molar-refractivity contribution in [2.75, 3.05) is 0 Å². The number of para-hydroxylation sites is 1. The maximum atomic E-state index is 11.9. The Hall–Kier alpha value is -2.17. The molecule has 20 heavy (non-hydrogen) atoms. The molecule has 1 amide bonds. The molecule has 0 bridgehead atoms. The molecule has 2 rings (SSSR count).